The highest BCUT2D eigenvalue weighted by atomic mass is 79.9. The van der Waals surface area contributed by atoms with E-state index in [1.165, 1.54) is 18.4 Å². The Morgan fingerprint density at radius 3 is 2.90 bits per heavy atom. The van der Waals surface area contributed by atoms with Gasteiger partial charge in [0.05, 0.1) is 7.11 Å². The van der Waals surface area contributed by atoms with Crippen molar-refractivity contribution in [2.75, 3.05) is 7.11 Å². The van der Waals surface area contributed by atoms with Crippen molar-refractivity contribution in [3.05, 3.63) is 20.8 Å². The van der Waals surface area contributed by atoms with E-state index in [1.54, 1.807) is 0 Å². The van der Waals surface area contributed by atoms with Crippen LogP contribution >= 0.6 is 27.3 Å². The molecule has 0 saturated carbocycles. The Balaban J connectivity index is 2.93. The molecule has 0 radical (unpaired) electrons. The van der Waals surface area contributed by atoms with Gasteiger partial charge in [0, 0.05) is 4.47 Å². The van der Waals surface area contributed by atoms with E-state index in [4.69, 9.17) is 0 Å². The van der Waals surface area contributed by atoms with Crippen molar-refractivity contribution in [3.63, 3.8) is 0 Å². The summed E-state index contributed by atoms with van der Waals surface area (Å²) >= 11 is 4.58. The van der Waals surface area contributed by atoms with E-state index in [2.05, 4.69) is 20.7 Å². The van der Waals surface area contributed by atoms with Crippen molar-refractivity contribution in [1.82, 2.24) is 0 Å². The van der Waals surface area contributed by atoms with Crippen LogP contribution < -0.4 is 0 Å². The van der Waals surface area contributed by atoms with Gasteiger partial charge in [-0.3, -0.25) is 0 Å². The molecule has 1 aromatic rings. The molecular weight excluding hydrogens is 216 g/mol. The van der Waals surface area contributed by atoms with Gasteiger partial charge in [-0.25, -0.2) is 4.79 Å². The number of methoxy groups -OCH3 is 1. The summed E-state index contributed by atoms with van der Waals surface area (Å²) in [5.74, 6) is -0.290. The maximum Gasteiger partial charge on any atom is 0.349 e. The molecule has 0 aliphatic heterocycles. The van der Waals surface area contributed by atoms with E-state index >= 15 is 0 Å². The zero-order valence-corrected chi connectivity index (χ0v) is 7.66. The lowest BCUT2D eigenvalue weighted by Crippen LogP contribution is -1.97. The highest BCUT2D eigenvalue weighted by Crippen LogP contribution is 2.22. The van der Waals surface area contributed by atoms with Crippen molar-refractivity contribution in [2.24, 2.45) is 0 Å². The maximum absolute atomic E-state index is 10.9. The Labute approximate surface area is 70.9 Å². The summed E-state index contributed by atoms with van der Waals surface area (Å²) in [6.07, 6.45) is 0. The fourth-order valence-electron chi connectivity index (χ4n) is 0.532. The molecule has 1 heterocycles. The van der Waals surface area contributed by atoms with Crippen molar-refractivity contribution >= 4 is 33.2 Å². The van der Waals surface area contributed by atoms with Crippen LogP contribution in [0.4, 0.5) is 0 Å². The van der Waals surface area contributed by atoms with E-state index in [9.17, 15) is 4.79 Å². The number of esters is 1. The van der Waals surface area contributed by atoms with Crippen LogP contribution in [-0.4, -0.2) is 13.1 Å². The third-order valence-corrected chi connectivity index (χ3v) is 2.81. The molecule has 0 bridgehead atoms. The first-order valence-electron chi connectivity index (χ1n) is 2.57. The predicted octanol–water partition coefficient (Wildman–Crippen LogP) is 2.30. The lowest BCUT2D eigenvalue weighted by molar-refractivity contribution is 0.0605. The number of rotatable bonds is 1. The summed E-state index contributed by atoms with van der Waals surface area (Å²) < 4.78 is 5.31. The van der Waals surface area contributed by atoms with Gasteiger partial charge in [0.15, 0.2) is 0 Å². The van der Waals surface area contributed by atoms with Gasteiger partial charge in [0.2, 0.25) is 0 Å². The fraction of sp³-hybridized carbons (Fsp3) is 0.167. The van der Waals surface area contributed by atoms with E-state index in [0.717, 1.165) is 4.47 Å². The van der Waals surface area contributed by atoms with Crippen molar-refractivity contribution in [3.8, 4) is 0 Å². The fourth-order valence-corrected chi connectivity index (χ4v) is 1.98. The van der Waals surface area contributed by atoms with Crippen LogP contribution in [0.25, 0.3) is 0 Å². The summed E-state index contributed by atoms with van der Waals surface area (Å²) in [4.78, 5) is 11.5. The molecule has 0 N–H and O–H groups in total. The highest BCUT2D eigenvalue weighted by molar-refractivity contribution is 9.10. The maximum atomic E-state index is 10.9. The van der Waals surface area contributed by atoms with E-state index in [-0.39, 0.29) is 5.97 Å². The van der Waals surface area contributed by atoms with Gasteiger partial charge in [-0.2, -0.15) is 0 Å². The summed E-state index contributed by atoms with van der Waals surface area (Å²) in [7, 11) is 1.37. The SMILES string of the molecule is COC(=O)c1sccc1Br. The Bertz CT molecular complexity index is 244. The predicted molar refractivity (Wildman–Crippen MR) is 43.4 cm³/mol. The Hall–Kier alpha value is -0.350. The van der Waals surface area contributed by atoms with Gasteiger partial charge in [0.25, 0.3) is 0 Å². The van der Waals surface area contributed by atoms with Crippen molar-refractivity contribution in [1.29, 1.82) is 0 Å². The van der Waals surface area contributed by atoms with Gasteiger partial charge in [0.1, 0.15) is 4.88 Å². The first-order chi connectivity index (χ1) is 4.75. The number of thiophene rings is 1. The van der Waals surface area contributed by atoms with Crippen LogP contribution in [-0.2, 0) is 4.74 Å². The second kappa shape index (κ2) is 3.16. The topological polar surface area (TPSA) is 26.3 Å². The van der Waals surface area contributed by atoms with Gasteiger partial charge in [-0.15, -0.1) is 11.3 Å². The minimum atomic E-state index is -0.290. The van der Waals surface area contributed by atoms with Gasteiger partial charge in [-0.1, -0.05) is 0 Å². The summed E-state index contributed by atoms with van der Waals surface area (Å²) in [6.45, 7) is 0. The van der Waals surface area contributed by atoms with E-state index in [0.29, 0.717) is 4.88 Å². The molecule has 10 heavy (non-hydrogen) atoms. The van der Waals surface area contributed by atoms with Gasteiger partial charge < -0.3 is 4.74 Å². The molecular formula is C6H5BrO2S. The standard InChI is InChI=1S/C6H5BrO2S/c1-9-6(8)5-4(7)2-3-10-5/h2-3H,1H3. The number of halogens is 1. The molecule has 2 nitrogen and oxygen atoms in total. The molecule has 1 aromatic heterocycles. The van der Waals surface area contributed by atoms with E-state index in [1.807, 2.05) is 11.4 Å². The van der Waals surface area contributed by atoms with Crippen LogP contribution in [0.5, 0.6) is 0 Å². The van der Waals surface area contributed by atoms with Crippen LogP contribution in [0.15, 0.2) is 15.9 Å². The lowest BCUT2D eigenvalue weighted by atomic mass is 10.5. The lowest BCUT2D eigenvalue weighted by Gasteiger charge is -1.93. The Morgan fingerprint density at radius 2 is 2.50 bits per heavy atom. The number of carbonyl (C=O) groups excluding carboxylic acids is 1. The largest absolute Gasteiger partial charge is 0.465 e. The molecule has 0 spiro atoms. The van der Waals surface area contributed by atoms with Crippen LogP contribution in [0.3, 0.4) is 0 Å². The molecule has 0 fully saturated rings. The molecule has 4 heteroatoms. The Kier molecular flexibility index (Phi) is 2.45. The second-order valence-electron chi connectivity index (χ2n) is 1.59. The summed E-state index contributed by atoms with van der Waals surface area (Å²) in [6, 6.07) is 1.82. The first kappa shape index (κ1) is 7.75. The number of hydrogen-bond acceptors (Lipinski definition) is 3. The molecule has 0 unspecified atom stereocenters. The normalized spacial score (nSPS) is 9.40. The average Bonchev–Trinajstić information content (AvgIpc) is 2.34. The molecule has 0 saturated heterocycles. The number of ether oxygens (including phenoxy) is 1. The highest BCUT2D eigenvalue weighted by Gasteiger charge is 2.10. The minimum absolute atomic E-state index is 0.290. The summed E-state index contributed by atoms with van der Waals surface area (Å²) in [5, 5.41) is 1.83. The van der Waals surface area contributed by atoms with E-state index < -0.39 is 0 Å². The van der Waals surface area contributed by atoms with Crippen LogP contribution in [0.2, 0.25) is 0 Å². The number of carbonyl (C=O) groups is 1. The quantitative estimate of drug-likeness (QED) is 0.680. The van der Waals surface area contributed by atoms with Crippen LogP contribution in [0.1, 0.15) is 9.67 Å². The zero-order valence-electron chi connectivity index (χ0n) is 5.26. The minimum Gasteiger partial charge on any atom is -0.465 e. The molecule has 0 aliphatic rings. The molecule has 1 rings (SSSR count). The average molecular weight is 221 g/mol. The smallest absolute Gasteiger partial charge is 0.349 e. The van der Waals surface area contributed by atoms with Crippen molar-refractivity contribution < 1.29 is 9.53 Å². The van der Waals surface area contributed by atoms with Crippen molar-refractivity contribution in [2.45, 2.75) is 0 Å². The molecule has 0 atom stereocenters. The molecule has 0 amide bonds. The van der Waals surface area contributed by atoms with Crippen LogP contribution in [0, 0.1) is 0 Å². The third-order valence-electron chi connectivity index (χ3n) is 0.988. The molecule has 0 aliphatic carbocycles. The zero-order chi connectivity index (χ0) is 7.56. The van der Waals surface area contributed by atoms with Gasteiger partial charge >= 0.3 is 5.97 Å². The summed E-state index contributed by atoms with van der Waals surface area (Å²) in [5.41, 5.74) is 0. The molecule has 54 valence electrons. The Morgan fingerprint density at radius 1 is 1.80 bits per heavy atom. The first-order valence-corrected chi connectivity index (χ1v) is 4.24. The molecule has 0 aromatic carbocycles. The third kappa shape index (κ3) is 1.38. The van der Waals surface area contributed by atoms with Gasteiger partial charge in [-0.05, 0) is 27.4 Å². The monoisotopic (exact) mass is 220 g/mol. The second-order valence-corrected chi connectivity index (χ2v) is 3.36. The number of hydrogen-bond donors (Lipinski definition) is 0.